The summed E-state index contributed by atoms with van der Waals surface area (Å²) < 4.78 is 10.5. The topological polar surface area (TPSA) is 81.9 Å². The van der Waals surface area contributed by atoms with E-state index in [1.54, 1.807) is 43.4 Å². The number of benzene rings is 2. The molecule has 2 N–H and O–H groups in total. The van der Waals surface area contributed by atoms with Gasteiger partial charge in [-0.05, 0) is 42.8 Å². The van der Waals surface area contributed by atoms with Gasteiger partial charge in [0, 0.05) is 24.2 Å². The number of nitrogens with two attached hydrogens (primary N) is 1. The van der Waals surface area contributed by atoms with Gasteiger partial charge in [-0.1, -0.05) is 12.1 Å². The van der Waals surface area contributed by atoms with Crippen molar-refractivity contribution in [1.29, 1.82) is 0 Å². The number of primary amides is 1. The van der Waals surface area contributed by atoms with Crippen LogP contribution >= 0.6 is 0 Å². The maximum Gasteiger partial charge on any atom is 0.254 e. The van der Waals surface area contributed by atoms with Crippen LogP contribution in [-0.2, 0) is 6.54 Å². The van der Waals surface area contributed by atoms with Gasteiger partial charge in [0.15, 0.2) is 11.5 Å². The molecule has 2 rings (SSSR count). The Hall–Kier alpha value is -3.02. The number of ether oxygens (including phenoxy) is 2. The van der Waals surface area contributed by atoms with Crippen molar-refractivity contribution in [2.75, 3.05) is 20.8 Å². The Labute approximate surface area is 147 Å². The highest BCUT2D eigenvalue weighted by molar-refractivity contribution is 5.99. The molecule has 0 spiro atoms. The highest BCUT2D eigenvalue weighted by Crippen LogP contribution is 2.28. The predicted molar refractivity (Wildman–Crippen MR) is 94.9 cm³/mol. The Balaban J connectivity index is 2.23. The molecule has 25 heavy (non-hydrogen) atoms. The van der Waals surface area contributed by atoms with Gasteiger partial charge in [0.1, 0.15) is 0 Å². The molecule has 0 aliphatic rings. The molecule has 2 amide bonds. The summed E-state index contributed by atoms with van der Waals surface area (Å²) in [6.45, 7) is 2.83. The average Bonchev–Trinajstić information content (AvgIpc) is 2.65. The van der Waals surface area contributed by atoms with Crippen LogP contribution in [0.15, 0.2) is 42.5 Å². The average molecular weight is 342 g/mol. The maximum atomic E-state index is 12.8. The van der Waals surface area contributed by atoms with Crippen LogP contribution in [0.3, 0.4) is 0 Å². The molecule has 2 aromatic rings. The van der Waals surface area contributed by atoms with Gasteiger partial charge < -0.3 is 20.1 Å². The number of nitrogens with zero attached hydrogens (tertiary/aromatic N) is 1. The normalized spacial score (nSPS) is 10.2. The van der Waals surface area contributed by atoms with E-state index in [0.717, 1.165) is 5.56 Å². The van der Waals surface area contributed by atoms with Crippen molar-refractivity contribution in [3.8, 4) is 11.5 Å². The van der Waals surface area contributed by atoms with E-state index >= 15 is 0 Å². The predicted octanol–water partition coefficient (Wildman–Crippen LogP) is 2.46. The lowest BCUT2D eigenvalue weighted by molar-refractivity contribution is 0.0752. The number of rotatable bonds is 7. The van der Waals surface area contributed by atoms with Crippen molar-refractivity contribution >= 4 is 11.8 Å². The maximum absolute atomic E-state index is 12.8. The van der Waals surface area contributed by atoms with Crippen LogP contribution in [0, 0.1) is 0 Å². The monoisotopic (exact) mass is 342 g/mol. The second-order valence-electron chi connectivity index (χ2n) is 5.45. The molecular formula is C19H22N2O4. The van der Waals surface area contributed by atoms with Crippen LogP contribution in [-0.4, -0.2) is 37.5 Å². The van der Waals surface area contributed by atoms with Crippen molar-refractivity contribution in [3.05, 3.63) is 59.2 Å². The van der Waals surface area contributed by atoms with Crippen LogP contribution in [0.2, 0.25) is 0 Å². The van der Waals surface area contributed by atoms with Gasteiger partial charge in [0.2, 0.25) is 5.91 Å². The SMILES string of the molecule is CCN(Cc1ccc(OC)c(OC)c1)C(=O)c1cccc(C(N)=O)c1. The highest BCUT2D eigenvalue weighted by Gasteiger charge is 2.16. The van der Waals surface area contributed by atoms with Gasteiger partial charge in [0.25, 0.3) is 5.91 Å². The molecule has 6 heteroatoms. The Morgan fingerprint density at radius 1 is 1.00 bits per heavy atom. The Morgan fingerprint density at radius 2 is 1.68 bits per heavy atom. The molecule has 0 aromatic heterocycles. The van der Waals surface area contributed by atoms with Crippen LogP contribution in [0.1, 0.15) is 33.2 Å². The summed E-state index contributed by atoms with van der Waals surface area (Å²) in [6, 6.07) is 12.0. The zero-order valence-corrected chi connectivity index (χ0v) is 14.6. The molecule has 0 aliphatic heterocycles. The lowest BCUT2D eigenvalue weighted by Crippen LogP contribution is -2.30. The zero-order chi connectivity index (χ0) is 18.4. The minimum atomic E-state index is -0.558. The summed E-state index contributed by atoms with van der Waals surface area (Å²) >= 11 is 0. The molecule has 0 aliphatic carbocycles. The fourth-order valence-corrected chi connectivity index (χ4v) is 2.51. The van der Waals surface area contributed by atoms with E-state index in [1.807, 2.05) is 19.1 Å². The number of amides is 2. The summed E-state index contributed by atoms with van der Waals surface area (Å²) in [4.78, 5) is 25.7. The minimum Gasteiger partial charge on any atom is -0.493 e. The molecule has 0 saturated heterocycles. The Bertz CT molecular complexity index is 774. The Kier molecular flexibility index (Phi) is 6.00. The smallest absolute Gasteiger partial charge is 0.254 e. The lowest BCUT2D eigenvalue weighted by Gasteiger charge is -2.22. The van der Waals surface area contributed by atoms with Gasteiger partial charge >= 0.3 is 0 Å². The first-order valence-electron chi connectivity index (χ1n) is 7.90. The third-order valence-corrected chi connectivity index (χ3v) is 3.88. The van der Waals surface area contributed by atoms with E-state index in [-0.39, 0.29) is 5.91 Å². The minimum absolute atomic E-state index is 0.166. The van der Waals surface area contributed by atoms with Crippen molar-refractivity contribution in [2.24, 2.45) is 5.73 Å². The molecule has 0 radical (unpaired) electrons. The molecule has 2 aromatic carbocycles. The molecular weight excluding hydrogens is 320 g/mol. The molecule has 0 atom stereocenters. The number of hydrogen-bond acceptors (Lipinski definition) is 4. The lowest BCUT2D eigenvalue weighted by atomic mass is 10.1. The van der Waals surface area contributed by atoms with E-state index in [9.17, 15) is 9.59 Å². The van der Waals surface area contributed by atoms with E-state index in [0.29, 0.717) is 35.7 Å². The fraction of sp³-hybridized carbons (Fsp3) is 0.263. The fourth-order valence-electron chi connectivity index (χ4n) is 2.51. The van der Waals surface area contributed by atoms with Gasteiger partial charge in [-0.25, -0.2) is 0 Å². The number of carbonyl (C=O) groups excluding carboxylic acids is 2. The summed E-state index contributed by atoms with van der Waals surface area (Å²) in [6.07, 6.45) is 0. The van der Waals surface area contributed by atoms with E-state index in [2.05, 4.69) is 0 Å². The molecule has 0 heterocycles. The summed E-state index contributed by atoms with van der Waals surface area (Å²) in [5, 5.41) is 0. The molecule has 0 saturated carbocycles. The summed E-state index contributed by atoms with van der Waals surface area (Å²) in [5.74, 6) is 0.520. The summed E-state index contributed by atoms with van der Waals surface area (Å²) in [5.41, 5.74) is 6.94. The van der Waals surface area contributed by atoms with Crippen molar-refractivity contribution in [2.45, 2.75) is 13.5 Å². The van der Waals surface area contributed by atoms with Crippen LogP contribution in [0.5, 0.6) is 11.5 Å². The van der Waals surface area contributed by atoms with Gasteiger partial charge in [-0.2, -0.15) is 0 Å². The number of carbonyl (C=O) groups is 2. The second kappa shape index (κ2) is 8.19. The first-order valence-corrected chi connectivity index (χ1v) is 7.90. The van der Waals surface area contributed by atoms with Crippen molar-refractivity contribution < 1.29 is 19.1 Å². The summed E-state index contributed by atoms with van der Waals surface area (Å²) in [7, 11) is 3.14. The van der Waals surface area contributed by atoms with Gasteiger partial charge in [-0.15, -0.1) is 0 Å². The molecule has 132 valence electrons. The second-order valence-corrected chi connectivity index (χ2v) is 5.45. The standard InChI is InChI=1S/C19H22N2O4/c1-4-21(12-13-8-9-16(24-2)17(10-13)25-3)19(23)15-7-5-6-14(11-15)18(20)22/h5-11H,4,12H2,1-3H3,(H2,20,22). The van der Waals surface area contributed by atoms with Crippen molar-refractivity contribution in [1.82, 2.24) is 4.90 Å². The molecule has 0 unspecified atom stereocenters. The highest BCUT2D eigenvalue weighted by atomic mass is 16.5. The molecule has 0 fully saturated rings. The first-order chi connectivity index (χ1) is 12.0. The number of methoxy groups -OCH3 is 2. The van der Waals surface area contributed by atoms with Crippen molar-refractivity contribution in [3.63, 3.8) is 0 Å². The molecule has 0 bridgehead atoms. The van der Waals surface area contributed by atoms with E-state index < -0.39 is 5.91 Å². The molecule has 6 nitrogen and oxygen atoms in total. The van der Waals surface area contributed by atoms with Gasteiger partial charge in [-0.3, -0.25) is 9.59 Å². The van der Waals surface area contributed by atoms with Crippen LogP contribution in [0.25, 0.3) is 0 Å². The van der Waals surface area contributed by atoms with E-state index in [4.69, 9.17) is 15.2 Å². The largest absolute Gasteiger partial charge is 0.493 e. The number of hydrogen-bond donors (Lipinski definition) is 1. The first kappa shape index (κ1) is 18.3. The van der Waals surface area contributed by atoms with E-state index in [1.165, 1.54) is 6.07 Å². The van der Waals surface area contributed by atoms with Crippen LogP contribution < -0.4 is 15.2 Å². The third kappa shape index (κ3) is 4.29. The quantitative estimate of drug-likeness (QED) is 0.838. The Morgan fingerprint density at radius 3 is 2.28 bits per heavy atom. The third-order valence-electron chi connectivity index (χ3n) is 3.88. The zero-order valence-electron chi connectivity index (χ0n) is 14.6. The van der Waals surface area contributed by atoms with Gasteiger partial charge in [0.05, 0.1) is 14.2 Å². The van der Waals surface area contributed by atoms with Crippen LogP contribution in [0.4, 0.5) is 0 Å².